The lowest BCUT2D eigenvalue weighted by Gasteiger charge is -2.36. The first kappa shape index (κ1) is 13.5. The van der Waals surface area contributed by atoms with Crippen molar-refractivity contribution in [3.05, 3.63) is 0 Å². The summed E-state index contributed by atoms with van der Waals surface area (Å²) in [5.74, 6) is 0.730. The maximum Gasteiger partial charge on any atom is 0.216 e. The van der Waals surface area contributed by atoms with Crippen LogP contribution in [0.25, 0.3) is 0 Å². The molecule has 0 spiro atoms. The summed E-state index contributed by atoms with van der Waals surface area (Å²) >= 11 is 0. The molecule has 1 unspecified atom stereocenters. The SMILES string of the molecule is CC(=O)NCC1CCCN(CC(C)(C)C)C1. The summed E-state index contributed by atoms with van der Waals surface area (Å²) in [6, 6.07) is 0. The summed E-state index contributed by atoms with van der Waals surface area (Å²) in [7, 11) is 0. The van der Waals surface area contributed by atoms with Crippen molar-refractivity contribution < 1.29 is 4.79 Å². The molecule has 1 fully saturated rings. The van der Waals surface area contributed by atoms with E-state index in [2.05, 4.69) is 31.0 Å². The van der Waals surface area contributed by atoms with E-state index < -0.39 is 0 Å². The fourth-order valence-corrected chi connectivity index (χ4v) is 2.42. The molecule has 0 saturated carbocycles. The normalized spacial score (nSPS) is 23.1. The van der Waals surface area contributed by atoms with Gasteiger partial charge in [0.15, 0.2) is 0 Å². The van der Waals surface area contributed by atoms with Crippen molar-refractivity contribution in [3.63, 3.8) is 0 Å². The number of carbonyl (C=O) groups excluding carboxylic acids is 1. The average molecular weight is 226 g/mol. The van der Waals surface area contributed by atoms with Gasteiger partial charge in [0, 0.05) is 26.6 Å². The Bertz CT molecular complexity index is 233. The van der Waals surface area contributed by atoms with E-state index in [9.17, 15) is 4.79 Å². The van der Waals surface area contributed by atoms with Gasteiger partial charge in [0.1, 0.15) is 0 Å². The Labute approximate surface area is 99.6 Å². The molecule has 3 heteroatoms. The fraction of sp³-hybridized carbons (Fsp3) is 0.923. The second kappa shape index (κ2) is 5.67. The van der Waals surface area contributed by atoms with Crippen LogP contribution in [0.2, 0.25) is 0 Å². The molecule has 0 aliphatic carbocycles. The monoisotopic (exact) mass is 226 g/mol. The molecule has 1 saturated heterocycles. The summed E-state index contributed by atoms with van der Waals surface area (Å²) in [5, 5.41) is 2.93. The van der Waals surface area contributed by atoms with Crippen LogP contribution in [0.5, 0.6) is 0 Å². The predicted molar refractivity (Wildman–Crippen MR) is 67.3 cm³/mol. The lowest BCUT2D eigenvalue weighted by molar-refractivity contribution is -0.119. The van der Waals surface area contributed by atoms with Crippen LogP contribution < -0.4 is 5.32 Å². The zero-order chi connectivity index (χ0) is 12.2. The van der Waals surface area contributed by atoms with Gasteiger partial charge in [-0.1, -0.05) is 20.8 Å². The Balaban J connectivity index is 2.32. The molecule has 0 radical (unpaired) electrons. The molecule has 1 atom stereocenters. The summed E-state index contributed by atoms with van der Waals surface area (Å²) in [6.07, 6.45) is 2.52. The minimum atomic E-state index is 0.0907. The quantitative estimate of drug-likeness (QED) is 0.797. The van der Waals surface area contributed by atoms with E-state index in [4.69, 9.17) is 0 Å². The highest BCUT2D eigenvalue weighted by Crippen LogP contribution is 2.21. The molecule has 94 valence electrons. The van der Waals surface area contributed by atoms with E-state index in [0.717, 1.165) is 19.6 Å². The highest BCUT2D eigenvalue weighted by atomic mass is 16.1. The van der Waals surface area contributed by atoms with E-state index in [1.807, 2.05) is 0 Å². The van der Waals surface area contributed by atoms with Gasteiger partial charge in [-0.15, -0.1) is 0 Å². The Morgan fingerprint density at radius 1 is 1.44 bits per heavy atom. The van der Waals surface area contributed by atoms with Gasteiger partial charge >= 0.3 is 0 Å². The smallest absolute Gasteiger partial charge is 0.216 e. The number of rotatable bonds is 3. The van der Waals surface area contributed by atoms with Crippen LogP contribution in [0.3, 0.4) is 0 Å². The number of piperidine rings is 1. The van der Waals surface area contributed by atoms with Gasteiger partial charge in [0.05, 0.1) is 0 Å². The maximum absolute atomic E-state index is 10.9. The molecule has 0 bridgehead atoms. The minimum Gasteiger partial charge on any atom is -0.356 e. The van der Waals surface area contributed by atoms with Crippen LogP contribution >= 0.6 is 0 Å². The number of nitrogens with one attached hydrogen (secondary N) is 1. The van der Waals surface area contributed by atoms with Gasteiger partial charge in [-0.25, -0.2) is 0 Å². The number of hydrogen-bond donors (Lipinski definition) is 1. The van der Waals surface area contributed by atoms with E-state index in [1.165, 1.54) is 19.4 Å². The van der Waals surface area contributed by atoms with Crippen molar-refractivity contribution in [2.24, 2.45) is 11.3 Å². The van der Waals surface area contributed by atoms with Crippen LogP contribution in [0, 0.1) is 11.3 Å². The molecule has 1 aliphatic rings. The number of hydrogen-bond acceptors (Lipinski definition) is 2. The van der Waals surface area contributed by atoms with Crippen LogP contribution in [0.4, 0.5) is 0 Å². The van der Waals surface area contributed by atoms with E-state index in [1.54, 1.807) is 6.92 Å². The molecule has 0 aromatic carbocycles. The topological polar surface area (TPSA) is 32.3 Å². The zero-order valence-electron chi connectivity index (χ0n) is 11.2. The van der Waals surface area contributed by atoms with Gasteiger partial charge in [-0.2, -0.15) is 0 Å². The van der Waals surface area contributed by atoms with Gasteiger partial charge in [-0.3, -0.25) is 4.79 Å². The number of amides is 1. The molecular weight excluding hydrogens is 200 g/mol. The molecule has 1 rings (SSSR count). The van der Waals surface area contributed by atoms with Crippen molar-refractivity contribution in [2.45, 2.75) is 40.5 Å². The fourth-order valence-electron chi connectivity index (χ4n) is 2.42. The van der Waals surface area contributed by atoms with E-state index in [0.29, 0.717) is 11.3 Å². The van der Waals surface area contributed by atoms with Gasteiger partial charge < -0.3 is 10.2 Å². The predicted octanol–water partition coefficient (Wildman–Crippen LogP) is 1.88. The van der Waals surface area contributed by atoms with Crippen LogP contribution in [-0.2, 0) is 4.79 Å². The molecule has 0 aromatic heterocycles. The first-order chi connectivity index (χ1) is 7.37. The molecule has 16 heavy (non-hydrogen) atoms. The first-order valence-corrected chi connectivity index (χ1v) is 6.33. The van der Waals surface area contributed by atoms with Crippen LogP contribution in [0.15, 0.2) is 0 Å². The van der Waals surface area contributed by atoms with Gasteiger partial charge in [0.25, 0.3) is 0 Å². The lowest BCUT2D eigenvalue weighted by atomic mass is 9.92. The van der Waals surface area contributed by atoms with Crippen LogP contribution in [0.1, 0.15) is 40.5 Å². The molecule has 1 heterocycles. The van der Waals surface area contributed by atoms with Crippen molar-refractivity contribution in [1.29, 1.82) is 0 Å². The Kier molecular flexibility index (Phi) is 4.78. The van der Waals surface area contributed by atoms with E-state index >= 15 is 0 Å². The summed E-state index contributed by atoms with van der Waals surface area (Å²) in [5.41, 5.74) is 0.371. The minimum absolute atomic E-state index is 0.0907. The number of likely N-dealkylation sites (tertiary alicyclic amines) is 1. The maximum atomic E-state index is 10.9. The Morgan fingerprint density at radius 2 is 2.12 bits per heavy atom. The lowest BCUT2D eigenvalue weighted by Crippen LogP contribution is -2.43. The number of carbonyl (C=O) groups is 1. The third kappa shape index (κ3) is 5.50. The highest BCUT2D eigenvalue weighted by molar-refractivity contribution is 5.72. The molecule has 0 aromatic rings. The standard InChI is InChI=1S/C13H26N2O/c1-11(16)14-8-12-6-5-7-15(9-12)10-13(2,3)4/h12H,5-10H2,1-4H3,(H,14,16). The van der Waals surface area contributed by atoms with Crippen molar-refractivity contribution in [1.82, 2.24) is 10.2 Å². The first-order valence-electron chi connectivity index (χ1n) is 6.33. The van der Waals surface area contributed by atoms with Crippen molar-refractivity contribution in [3.8, 4) is 0 Å². The Morgan fingerprint density at radius 3 is 2.69 bits per heavy atom. The van der Waals surface area contributed by atoms with Gasteiger partial charge in [-0.05, 0) is 30.7 Å². The highest BCUT2D eigenvalue weighted by Gasteiger charge is 2.23. The molecule has 1 aliphatic heterocycles. The summed E-state index contributed by atoms with van der Waals surface area (Å²) in [4.78, 5) is 13.4. The Hall–Kier alpha value is -0.570. The van der Waals surface area contributed by atoms with Crippen molar-refractivity contribution in [2.75, 3.05) is 26.2 Å². The van der Waals surface area contributed by atoms with Gasteiger partial charge in [0.2, 0.25) is 5.91 Å². The number of nitrogens with zero attached hydrogens (tertiary/aromatic N) is 1. The third-order valence-corrected chi connectivity index (χ3v) is 2.94. The molecule has 3 nitrogen and oxygen atoms in total. The van der Waals surface area contributed by atoms with Crippen molar-refractivity contribution >= 4 is 5.91 Å². The molecular formula is C13H26N2O. The summed E-state index contributed by atoms with van der Waals surface area (Å²) in [6.45, 7) is 12.8. The third-order valence-electron chi connectivity index (χ3n) is 2.94. The zero-order valence-corrected chi connectivity index (χ0v) is 11.2. The second-order valence-corrected chi connectivity index (χ2v) is 6.24. The molecule has 1 amide bonds. The largest absolute Gasteiger partial charge is 0.356 e. The average Bonchev–Trinajstić information content (AvgIpc) is 2.12. The second-order valence-electron chi connectivity index (χ2n) is 6.24. The molecule has 1 N–H and O–H groups in total. The summed E-state index contributed by atoms with van der Waals surface area (Å²) < 4.78 is 0. The van der Waals surface area contributed by atoms with Crippen LogP contribution in [-0.4, -0.2) is 37.0 Å². The van der Waals surface area contributed by atoms with E-state index in [-0.39, 0.29) is 5.91 Å².